The van der Waals surface area contributed by atoms with Gasteiger partial charge in [0, 0.05) is 5.41 Å². The number of ether oxygens (including phenoxy) is 5. The molecular formula is C104H132F4O12S2. The van der Waals surface area contributed by atoms with Crippen LogP contribution in [0.15, 0.2) is 262 Å². The number of phenols is 2. The summed E-state index contributed by atoms with van der Waals surface area (Å²) in [7, 11) is -5.83. The highest BCUT2D eigenvalue weighted by molar-refractivity contribution is 7.97. The van der Waals surface area contributed by atoms with Crippen molar-refractivity contribution in [3.8, 4) is 34.5 Å². The standard InChI is InChI=1S/C27H22F4O5S.C21H34.C18H15S.C16H32O3.C12H16O3.C10H14O/c1-3-15(2)17-6-4-16(5-7-17)14-35-20-10-8-18-9-11-21(13-19(18)12-20)36-26-22(28)24(30)27(37(32,33)34)25(31)23(26)29;1-8-21(6,7)17(2)16-19(20(3,4)5)15-14-18-12-10-9-11-13-18;1-4-10-16(11-5-1)19(17-12-6-2-7-13-17)18-14-8-3-9-15-18;1-10-16(8,9)12(17)19-13(15(5,6)7)18-11-14(2,3)4;1-4-12(2,3)11(14)15-10-7-5-9(13)6-8-10;1-3-8(2)9-4-6-10(11)7-5-9/h4-13,15H,3,14H2,1-2H3,(H,32,33,34);9-13,19H,2,8,14-16H2,1,3-7H3;1-15H;13H,10-11H2,1-9H3;5-8,13H,4H2,1-3H3;4-8,11H,3H2,1-2H3/q;;+1;;;/p-1. The van der Waals surface area contributed by atoms with Gasteiger partial charge in [0.25, 0.3) is 0 Å². The predicted octanol–water partition coefficient (Wildman–Crippen LogP) is 28.7. The van der Waals surface area contributed by atoms with Crippen molar-refractivity contribution in [1.82, 2.24) is 0 Å². The topological polar surface area (TPSA) is 178 Å². The molecule has 0 aliphatic carbocycles. The summed E-state index contributed by atoms with van der Waals surface area (Å²) in [6, 6.07) is 74.0. The van der Waals surface area contributed by atoms with Gasteiger partial charge in [0.05, 0.1) is 28.3 Å². The Morgan fingerprint density at radius 1 is 0.475 bits per heavy atom. The van der Waals surface area contributed by atoms with Gasteiger partial charge in [-0.05, 0) is 243 Å². The van der Waals surface area contributed by atoms with Crippen molar-refractivity contribution in [2.45, 2.75) is 248 Å². The quantitative estimate of drug-likeness (QED) is 0.00694. The van der Waals surface area contributed by atoms with Gasteiger partial charge in [-0.2, -0.15) is 8.78 Å². The van der Waals surface area contributed by atoms with Gasteiger partial charge in [0.1, 0.15) is 50.4 Å². The summed E-state index contributed by atoms with van der Waals surface area (Å²) >= 11 is 0. The average Bonchev–Trinajstić information content (AvgIpc) is 0.761. The monoisotopic (exact) mass is 1710 g/mol. The van der Waals surface area contributed by atoms with Crippen LogP contribution in [0.1, 0.15) is 231 Å². The third-order valence-electron chi connectivity index (χ3n) is 21.7. The maximum absolute atomic E-state index is 14.3. The third-order valence-corrected chi connectivity index (χ3v) is 24.8. The maximum Gasteiger partial charge on any atom is 0.316 e. The van der Waals surface area contributed by atoms with E-state index in [1.54, 1.807) is 48.5 Å². The Morgan fingerprint density at radius 2 is 0.877 bits per heavy atom. The molecule has 0 saturated carbocycles. The van der Waals surface area contributed by atoms with Gasteiger partial charge in [-0.15, -0.1) is 0 Å². The molecule has 10 aromatic carbocycles. The maximum atomic E-state index is 14.3. The molecule has 0 aromatic heterocycles. The van der Waals surface area contributed by atoms with Crippen molar-refractivity contribution in [1.29, 1.82) is 0 Å². The lowest BCUT2D eigenvalue weighted by Gasteiger charge is -2.35. The van der Waals surface area contributed by atoms with Gasteiger partial charge < -0.3 is 38.5 Å². The number of halogens is 4. The molecule has 0 aliphatic rings. The van der Waals surface area contributed by atoms with E-state index in [1.165, 1.54) is 80.5 Å². The summed E-state index contributed by atoms with van der Waals surface area (Å²) < 4.78 is 117. The number of rotatable bonds is 28. The Balaban J connectivity index is 0.000000272. The number of carbonyl (C=O) groups excluding carboxylic acids is 2. The van der Waals surface area contributed by atoms with Crippen LogP contribution in [0.25, 0.3) is 10.8 Å². The Labute approximate surface area is 729 Å². The van der Waals surface area contributed by atoms with Crippen LogP contribution >= 0.6 is 0 Å². The largest absolute Gasteiger partial charge is 0.744 e. The molecule has 10 rings (SSSR count). The van der Waals surface area contributed by atoms with Gasteiger partial charge in [-0.25, -0.2) is 17.2 Å². The number of benzene rings is 10. The summed E-state index contributed by atoms with van der Waals surface area (Å²) in [5.41, 5.74) is 5.84. The van der Waals surface area contributed by atoms with Gasteiger partial charge in [0.2, 0.25) is 23.7 Å². The zero-order chi connectivity index (χ0) is 91.1. The molecule has 2 N–H and O–H groups in total. The van der Waals surface area contributed by atoms with E-state index >= 15 is 0 Å². The molecule has 0 amide bonds. The average molecular weight is 1710 g/mol. The molecule has 122 heavy (non-hydrogen) atoms. The molecule has 4 unspecified atom stereocenters. The minimum Gasteiger partial charge on any atom is -0.744 e. The normalized spacial score (nSPS) is 12.8. The molecule has 0 aliphatic heterocycles. The Bertz CT molecular complexity index is 4840. The van der Waals surface area contributed by atoms with E-state index in [4.69, 9.17) is 33.9 Å². The van der Waals surface area contributed by atoms with Gasteiger partial charge in [-0.1, -0.05) is 270 Å². The molecule has 12 nitrogen and oxygen atoms in total. The van der Waals surface area contributed by atoms with Gasteiger partial charge >= 0.3 is 11.9 Å². The first-order chi connectivity index (χ1) is 57.1. The molecule has 4 atom stereocenters. The molecule has 660 valence electrons. The molecule has 18 heteroatoms. The lowest BCUT2D eigenvalue weighted by molar-refractivity contribution is -0.218. The van der Waals surface area contributed by atoms with Crippen molar-refractivity contribution < 1.29 is 74.0 Å². The van der Waals surface area contributed by atoms with Crippen LogP contribution in [-0.4, -0.2) is 48.0 Å². The second-order valence-electron chi connectivity index (χ2n) is 36.1. The smallest absolute Gasteiger partial charge is 0.316 e. The van der Waals surface area contributed by atoms with Crippen LogP contribution in [0, 0.1) is 61.7 Å². The highest BCUT2D eigenvalue weighted by atomic mass is 32.2. The van der Waals surface area contributed by atoms with Crippen LogP contribution in [0.5, 0.6) is 34.5 Å². The van der Waals surface area contributed by atoms with Gasteiger partial charge in [0.15, 0.2) is 26.3 Å². The predicted molar refractivity (Wildman–Crippen MR) is 488 cm³/mol. The first-order valence-electron chi connectivity index (χ1n) is 42.1. The zero-order valence-electron chi connectivity index (χ0n) is 75.8. The molecule has 10 aromatic rings. The summed E-state index contributed by atoms with van der Waals surface area (Å²) in [5, 5.41) is 19.3. The van der Waals surface area contributed by atoms with Crippen molar-refractivity contribution in [3.63, 3.8) is 0 Å². The van der Waals surface area contributed by atoms with Crippen LogP contribution in [0.4, 0.5) is 17.6 Å². The zero-order valence-corrected chi connectivity index (χ0v) is 77.5. The first kappa shape index (κ1) is 103. The SMILES string of the molecule is C=C(CC(CCc1ccccc1)C(C)(C)C)C(C)(C)CC.CCC(C)(C)C(=O)OC(OCC(C)(C)C)C(C)(C)C.CCC(C)(C)C(=O)Oc1ccc(O)cc1.CCC(C)c1ccc(COc2ccc3ccc(Oc4c(F)c(F)c(S(=O)(=O)[O-])c(F)c4F)cc3c2)cc1.CCC(C)c1ccc(O)cc1.c1ccc([S+](c2ccccc2)c2ccccc2)cc1. The molecule has 0 heterocycles. The third kappa shape index (κ3) is 33.2. The lowest BCUT2D eigenvalue weighted by atomic mass is 9.70. The fourth-order valence-electron chi connectivity index (χ4n) is 11.6. The van der Waals surface area contributed by atoms with E-state index in [0.717, 1.165) is 37.7 Å². The molecule has 0 radical (unpaired) electrons. The minimum atomic E-state index is -5.81. The molecule has 0 fully saturated rings. The van der Waals surface area contributed by atoms with Crippen molar-refractivity contribution in [2.75, 3.05) is 6.61 Å². The fourth-order valence-corrected chi connectivity index (χ4v) is 14.3. The summed E-state index contributed by atoms with van der Waals surface area (Å²) in [6.07, 6.45) is 7.88. The van der Waals surface area contributed by atoms with Crippen LogP contribution in [0.2, 0.25) is 0 Å². The molecule has 0 bridgehead atoms. The summed E-state index contributed by atoms with van der Waals surface area (Å²) in [6.45, 7) is 51.7. The van der Waals surface area contributed by atoms with E-state index in [2.05, 4.69) is 230 Å². The second-order valence-corrected chi connectivity index (χ2v) is 39.4. The van der Waals surface area contributed by atoms with Crippen LogP contribution < -0.4 is 14.2 Å². The highest BCUT2D eigenvalue weighted by Gasteiger charge is 2.37. The summed E-state index contributed by atoms with van der Waals surface area (Å²) in [4.78, 5) is 25.7. The minimum absolute atomic E-state index is 0.0146. The number of carbonyl (C=O) groups is 2. The van der Waals surface area contributed by atoms with Gasteiger partial charge in [-0.3, -0.25) is 9.59 Å². The number of fused-ring (bicyclic) bond motifs is 1. The number of hydrogen-bond donors (Lipinski definition) is 2. The Kier molecular flexibility index (Phi) is 39.8. The van der Waals surface area contributed by atoms with E-state index in [0.29, 0.717) is 64.4 Å². The van der Waals surface area contributed by atoms with E-state index < -0.39 is 61.2 Å². The van der Waals surface area contributed by atoms with E-state index in [1.807, 2.05) is 86.6 Å². The highest BCUT2D eigenvalue weighted by Crippen LogP contribution is 2.42. The molecule has 0 spiro atoms. The molecule has 0 saturated heterocycles. The van der Waals surface area contributed by atoms with Crippen molar-refractivity contribution in [2.24, 2.45) is 38.4 Å². The van der Waals surface area contributed by atoms with E-state index in [-0.39, 0.29) is 50.6 Å². The number of esters is 2. The van der Waals surface area contributed by atoms with Crippen LogP contribution in [-0.2, 0) is 53.1 Å². The van der Waals surface area contributed by atoms with E-state index in [9.17, 15) is 40.1 Å². The number of phenolic OH excluding ortho intramolecular Hbond substituents is 2. The molecular weight excluding hydrogens is 1580 g/mol. The number of hydrogen-bond acceptors (Lipinski definition) is 12. The fraction of sp³-hybridized carbons (Fsp3) is 0.404. The summed E-state index contributed by atoms with van der Waals surface area (Å²) in [5.74, 6) is -7.99. The number of aromatic hydroxyl groups is 2. The van der Waals surface area contributed by atoms with Crippen molar-refractivity contribution >= 4 is 43.7 Å². The number of allylic oxidation sites excluding steroid dienone is 1. The van der Waals surface area contributed by atoms with Crippen molar-refractivity contribution in [3.05, 3.63) is 288 Å². The Morgan fingerprint density at radius 3 is 1.29 bits per heavy atom. The lowest BCUT2D eigenvalue weighted by Crippen LogP contribution is -2.39. The number of aryl methyl sites for hydroxylation is 1. The first-order valence-corrected chi connectivity index (χ1v) is 44.7. The van der Waals surface area contributed by atoms with Crippen LogP contribution in [0.3, 0.4) is 0 Å². The Hall–Kier alpha value is -9.72. The second kappa shape index (κ2) is 47.2.